The molecule has 25 heavy (non-hydrogen) atoms. The highest BCUT2D eigenvalue weighted by molar-refractivity contribution is 8.00. The first kappa shape index (κ1) is 20.1. The van der Waals surface area contributed by atoms with Crippen LogP contribution in [0.1, 0.15) is 50.7 Å². The molecule has 0 amide bonds. The number of aliphatic hydroxyl groups is 1. The van der Waals surface area contributed by atoms with Crippen molar-refractivity contribution in [3.05, 3.63) is 35.4 Å². The van der Waals surface area contributed by atoms with Gasteiger partial charge in [-0.2, -0.15) is 11.8 Å². The number of benzene rings is 1. The molecule has 0 aromatic heterocycles. The van der Waals surface area contributed by atoms with Crippen LogP contribution in [0.4, 0.5) is 0 Å². The minimum Gasteiger partial charge on any atom is -0.387 e. The minimum atomic E-state index is -0.634. The maximum absolute atomic E-state index is 10.7. The zero-order valence-corrected chi connectivity index (χ0v) is 16.8. The smallest absolute Gasteiger partial charge is 0.191 e. The summed E-state index contributed by atoms with van der Waals surface area (Å²) in [6.45, 7) is 10.7. The third-order valence-corrected chi connectivity index (χ3v) is 6.26. The lowest BCUT2D eigenvalue weighted by atomic mass is 9.79. The zero-order chi connectivity index (χ0) is 18.3. The molecule has 1 aromatic rings. The van der Waals surface area contributed by atoms with Crippen molar-refractivity contribution in [3.8, 4) is 0 Å². The van der Waals surface area contributed by atoms with Gasteiger partial charge in [0.15, 0.2) is 5.96 Å². The first-order chi connectivity index (χ1) is 12.0. The fourth-order valence-corrected chi connectivity index (χ4v) is 4.31. The highest BCUT2D eigenvalue weighted by Crippen LogP contribution is 2.41. The molecule has 0 heterocycles. The number of nitrogens with one attached hydrogen (secondary N) is 2. The van der Waals surface area contributed by atoms with Crippen LogP contribution in [-0.4, -0.2) is 47.3 Å². The highest BCUT2D eigenvalue weighted by Gasteiger charge is 2.45. The SMILES string of the molecule is CCNC(=NCC1(O)CCC1SCC)NCC(C)c1cccc(C)c1. The summed E-state index contributed by atoms with van der Waals surface area (Å²) in [5.74, 6) is 2.24. The third-order valence-electron chi connectivity index (χ3n) is 4.85. The molecule has 0 bridgehead atoms. The summed E-state index contributed by atoms with van der Waals surface area (Å²) in [5.41, 5.74) is 1.99. The van der Waals surface area contributed by atoms with Gasteiger partial charge in [0.05, 0.1) is 12.1 Å². The van der Waals surface area contributed by atoms with E-state index in [0.29, 0.717) is 17.7 Å². The van der Waals surface area contributed by atoms with Crippen LogP contribution < -0.4 is 10.6 Å². The fourth-order valence-electron chi connectivity index (χ4n) is 3.12. The van der Waals surface area contributed by atoms with Crippen LogP contribution in [0.2, 0.25) is 0 Å². The van der Waals surface area contributed by atoms with Gasteiger partial charge < -0.3 is 15.7 Å². The topological polar surface area (TPSA) is 56.7 Å². The van der Waals surface area contributed by atoms with E-state index in [2.05, 4.69) is 67.6 Å². The summed E-state index contributed by atoms with van der Waals surface area (Å²) in [7, 11) is 0. The normalized spacial score (nSPS) is 24.5. The number of thioether (sulfide) groups is 1. The Morgan fingerprint density at radius 1 is 1.40 bits per heavy atom. The molecule has 1 aliphatic carbocycles. The van der Waals surface area contributed by atoms with Gasteiger partial charge in [-0.05, 0) is 43.9 Å². The molecule has 3 unspecified atom stereocenters. The van der Waals surface area contributed by atoms with Gasteiger partial charge in [-0.15, -0.1) is 0 Å². The maximum Gasteiger partial charge on any atom is 0.191 e. The Labute approximate surface area is 156 Å². The Morgan fingerprint density at radius 3 is 2.80 bits per heavy atom. The van der Waals surface area contributed by atoms with E-state index in [1.54, 1.807) is 0 Å². The average molecular weight is 364 g/mol. The van der Waals surface area contributed by atoms with Gasteiger partial charge in [-0.3, -0.25) is 4.99 Å². The van der Waals surface area contributed by atoms with Crippen LogP contribution >= 0.6 is 11.8 Å². The first-order valence-corrected chi connectivity index (χ1v) is 10.5. The highest BCUT2D eigenvalue weighted by atomic mass is 32.2. The van der Waals surface area contributed by atoms with Gasteiger partial charge in [-0.25, -0.2) is 0 Å². The standard InChI is InChI=1S/C20H33N3OS/c1-5-21-19(23-14-20(24)11-10-18(20)25-6-2)22-13-16(4)17-9-7-8-15(3)12-17/h7-9,12,16,18,24H,5-6,10-11,13-14H2,1-4H3,(H2,21,22,23). The number of rotatable bonds is 8. The Morgan fingerprint density at radius 2 is 2.20 bits per heavy atom. The monoisotopic (exact) mass is 363 g/mol. The number of aliphatic imine (C=N–C) groups is 1. The molecule has 1 aromatic carbocycles. The summed E-state index contributed by atoms with van der Waals surface area (Å²) in [6.07, 6.45) is 1.95. The van der Waals surface area contributed by atoms with Crippen LogP contribution in [0.15, 0.2) is 29.3 Å². The van der Waals surface area contributed by atoms with Gasteiger partial charge in [0, 0.05) is 18.3 Å². The predicted molar refractivity (Wildman–Crippen MR) is 110 cm³/mol. The van der Waals surface area contributed by atoms with Crippen LogP contribution in [-0.2, 0) is 0 Å². The summed E-state index contributed by atoms with van der Waals surface area (Å²) in [5, 5.41) is 17.8. The molecule has 2 rings (SSSR count). The second kappa shape index (κ2) is 9.48. The van der Waals surface area contributed by atoms with E-state index in [1.165, 1.54) is 11.1 Å². The van der Waals surface area contributed by atoms with Crippen molar-refractivity contribution >= 4 is 17.7 Å². The van der Waals surface area contributed by atoms with E-state index in [1.807, 2.05) is 11.8 Å². The van der Waals surface area contributed by atoms with E-state index < -0.39 is 5.60 Å². The van der Waals surface area contributed by atoms with Crippen LogP contribution in [0.3, 0.4) is 0 Å². The first-order valence-electron chi connectivity index (χ1n) is 9.41. The van der Waals surface area contributed by atoms with Gasteiger partial charge in [0.2, 0.25) is 0 Å². The van der Waals surface area contributed by atoms with Crippen molar-refractivity contribution in [3.63, 3.8) is 0 Å². The Hall–Kier alpha value is -1.20. The maximum atomic E-state index is 10.7. The molecular weight excluding hydrogens is 330 g/mol. The second-order valence-electron chi connectivity index (χ2n) is 6.98. The molecule has 1 aliphatic rings. The summed E-state index contributed by atoms with van der Waals surface area (Å²) in [6, 6.07) is 8.64. The summed E-state index contributed by atoms with van der Waals surface area (Å²) in [4.78, 5) is 4.65. The molecule has 0 spiro atoms. The quantitative estimate of drug-likeness (QED) is 0.490. The third kappa shape index (κ3) is 5.65. The predicted octanol–water partition coefficient (Wildman–Crippen LogP) is 3.30. The molecule has 1 fully saturated rings. The van der Waals surface area contributed by atoms with Crippen LogP contribution in [0, 0.1) is 6.92 Å². The van der Waals surface area contributed by atoms with Crippen molar-refractivity contribution in [1.29, 1.82) is 0 Å². The number of hydrogen-bond donors (Lipinski definition) is 3. The number of aryl methyl sites for hydroxylation is 1. The average Bonchev–Trinajstić information content (AvgIpc) is 2.60. The lowest BCUT2D eigenvalue weighted by Gasteiger charge is -2.44. The molecule has 0 aliphatic heterocycles. The lowest BCUT2D eigenvalue weighted by Crippen LogP contribution is -2.53. The van der Waals surface area contributed by atoms with E-state index in [0.717, 1.165) is 37.6 Å². The lowest BCUT2D eigenvalue weighted by molar-refractivity contribution is -0.0154. The molecule has 0 saturated heterocycles. The van der Waals surface area contributed by atoms with E-state index in [9.17, 15) is 5.11 Å². The molecule has 1 saturated carbocycles. The number of hydrogen-bond acceptors (Lipinski definition) is 3. The zero-order valence-electron chi connectivity index (χ0n) is 16.0. The van der Waals surface area contributed by atoms with Gasteiger partial charge in [0.1, 0.15) is 0 Å². The van der Waals surface area contributed by atoms with Gasteiger partial charge in [0.25, 0.3) is 0 Å². The van der Waals surface area contributed by atoms with Crippen LogP contribution in [0.25, 0.3) is 0 Å². The Bertz CT molecular complexity index is 578. The number of guanidine groups is 1. The molecule has 0 radical (unpaired) electrons. The molecule has 4 nitrogen and oxygen atoms in total. The van der Waals surface area contributed by atoms with Crippen molar-refractivity contribution in [2.75, 3.05) is 25.4 Å². The Kier molecular flexibility index (Phi) is 7.63. The van der Waals surface area contributed by atoms with Crippen LogP contribution in [0.5, 0.6) is 0 Å². The summed E-state index contributed by atoms with van der Waals surface area (Å²) >= 11 is 1.85. The largest absolute Gasteiger partial charge is 0.387 e. The van der Waals surface area contributed by atoms with Crippen molar-refractivity contribution < 1.29 is 5.11 Å². The van der Waals surface area contributed by atoms with E-state index >= 15 is 0 Å². The van der Waals surface area contributed by atoms with Crippen molar-refractivity contribution in [2.24, 2.45) is 4.99 Å². The van der Waals surface area contributed by atoms with Crippen molar-refractivity contribution in [2.45, 2.75) is 57.3 Å². The Balaban J connectivity index is 1.91. The molecule has 5 heteroatoms. The van der Waals surface area contributed by atoms with Gasteiger partial charge in [-0.1, -0.05) is 43.7 Å². The second-order valence-corrected chi connectivity index (χ2v) is 8.46. The van der Waals surface area contributed by atoms with Crippen molar-refractivity contribution in [1.82, 2.24) is 10.6 Å². The molecule has 3 atom stereocenters. The summed E-state index contributed by atoms with van der Waals surface area (Å²) < 4.78 is 0. The van der Waals surface area contributed by atoms with Gasteiger partial charge >= 0.3 is 0 Å². The number of nitrogens with zero attached hydrogens (tertiary/aromatic N) is 1. The van der Waals surface area contributed by atoms with E-state index in [4.69, 9.17) is 0 Å². The fraction of sp³-hybridized carbons (Fsp3) is 0.650. The molecule has 140 valence electrons. The van der Waals surface area contributed by atoms with E-state index in [-0.39, 0.29) is 0 Å². The molecular formula is C20H33N3OS. The molecule has 3 N–H and O–H groups in total. The minimum absolute atomic E-state index is 0.329.